The van der Waals surface area contributed by atoms with Crippen LogP contribution in [0.5, 0.6) is 0 Å². The van der Waals surface area contributed by atoms with E-state index in [0.29, 0.717) is 5.92 Å². The second kappa shape index (κ2) is 4.75. The molecule has 0 unspecified atom stereocenters. The van der Waals surface area contributed by atoms with Gasteiger partial charge >= 0.3 is 0 Å². The van der Waals surface area contributed by atoms with Gasteiger partial charge in [-0.2, -0.15) is 0 Å². The summed E-state index contributed by atoms with van der Waals surface area (Å²) >= 11 is 0. The van der Waals surface area contributed by atoms with Crippen molar-refractivity contribution >= 4 is 11.6 Å². The molecule has 0 saturated heterocycles. The van der Waals surface area contributed by atoms with Crippen molar-refractivity contribution in [2.45, 2.75) is 39.0 Å². The molecule has 3 rings (SSSR count). The van der Waals surface area contributed by atoms with Gasteiger partial charge < -0.3 is 5.32 Å². The van der Waals surface area contributed by atoms with Gasteiger partial charge in [0.1, 0.15) is 0 Å². The molecule has 2 aliphatic rings. The monoisotopic (exact) mass is 243 g/mol. The summed E-state index contributed by atoms with van der Waals surface area (Å²) in [6, 6.07) is 8.14. The molecule has 0 spiro atoms. The van der Waals surface area contributed by atoms with Gasteiger partial charge in [0.2, 0.25) is 5.91 Å². The number of carbonyl (C=O) groups is 1. The third-order valence-electron chi connectivity index (χ3n) is 4.73. The summed E-state index contributed by atoms with van der Waals surface area (Å²) in [5, 5.41) is 3.15. The molecule has 2 saturated carbocycles. The standard InChI is InChI=1S/C16H21NO/c1-2-12-5-3-4-6-15(12)17-16(18)14-10-11-7-8-13(14)9-11/h3-6,11,13-14H,2,7-10H2,1H3,(H,17,18)/t11-,13+,14-/m0/s1. The Morgan fingerprint density at radius 3 is 2.78 bits per heavy atom. The summed E-state index contributed by atoms with van der Waals surface area (Å²) < 4.78 is 0. The van der Waals surface area contributed by atoms with Gasteiger partial charge in [-0.15, -0.1) is 0 Å². The topological polar surface area (TPSA) is 29.1 Å². The Bertz CT molecular complexity index is 454. The van der Waals surface area contributed by atoms with Gasteiger partial charge in [0, 0.05) is 11.6 Å². The summed E-state index contributed by atoms with van der Waals surface area (Å²) in [7, 11) is 0. The number of amides is 1. The number of fused-ring (bicyclic) bond motifs is 2. The van der Waals surface area contributed by atoms with Gasteiger partial charge in [-0.3, -0.25) is 4.79 Å². The largest absolute Gasteiger partial charge is 0.326 e. The second-order valence-corrected chi connectivity index (χ2v) is 5.78. The predicted octanol–water partition coefficient (Wildman–Crippen LogP) is 3.62. The van der Waals surface area contributed by atoms with Gasteiger partial charge in [-0.25, -0.2) is 0 Å². The first-order valence-corrected chi connectivity index (χ1v) is 7.16. The van der Waals surface area contributed by atoms with Crippen LogP contribution in [-0.2, 0) is 11.2 Å². The van der Waals surface area contributed by atoms with Crippen molar-refractivity contribution in [1.29, 1.82) is 0 Å². The van der Waals surface area contributed by atoms with Crippen molar-refractivity contribution in [2.75, 3.05) is 5.32 Å². The molecule has 2 aliphatic carbocycles. The van der Waals surface area contributed by atoms with Crippen LogP contribution in [0.3, 0.4) is 0 Å². The Morgan fingerprint density at radius 1 is 1.28 bits per heavy atom. The fourth-order valence-electron chi connectivity index (χ4n) is 3.74. The number of nitrogens with one attached hydrogen (secondary N) is 1. The minimum atomic E-state index is 0.253. The summed E-state index contributed by atoms with van der Waals surface area (Å²) in [6.45, 7) is 2.13. The Morgan fingerprint density at radius 2 is 2.11 bits per heavy atom. The lowest BCUT2D eigenvalue weighted by atomic mass is 9.88. The van der Waals surface area contributed by atoms with E-state index in [9.17, 15) is 4.79 Å². The minimum absolute atomic E-state index is 0.253. The molecule has 3 atom stereocenters. The lowest BCUT2D eigenvalue weighted by molar-refractivity contribution is -0.121. The van der Waals surface area contributed by atoms with E-state index in [4.69, 9.17) is 0 Å². The molecule has 2 heteroatoms. The first-order valence-electron chi connectivity index (χ1n) is 7.16. The van der Waals surface area contributed by atoms with E-state index in [1.54, 1.807) is 0 Å². The van der Waals surface area contributed by atoms with Crippen molar-refractivity contribution in [3.05, 3.63) is 29.8 Å². The fraction of sp³-hybridized carbons (Fsp3) is 0.562. The molecule has 18 heavy (non-hydrogen) atoms. The molecular weight excluding hydrogens is 222 g/mol. The number of para-hydroxylation sites is 1. The van der Waals surface area contributed by atoms with Gasteiger partial charge in [-0.05, 0) is 49.1 Å². The molecule has 0 aliphatic heterocycles. The van der Waals surface area contributed by atoms with Crippen LogP contribution >= 0.6 is 0 Å². The summed E-state index contributed by atoms with van der Waals surface area (Å²) in [5.41, 5.74) is 2.24. The molecule has 2 fully saturated rings. The lowest BCUT2D eigenvalue weighted by Gasteiger charge is -2.21. The average molecular weight is 243 g/mol. The number of carbonyl (C=O) groups excluding carboxylic acids is 1. The second-order valence-electron chi connectivity index (χ2n) is 5.78. The van der Waals surface area contributed by atoms with E-state index < -0.39 is 0 Å². The molecule has 2 nitrogen and oxygen atoms in total. The van der Waals surface area contributed by atoms with Gasteiger partial charge in [-0.1, -0.05) is 31.5 Å². The van der Waals surface area contributed by atoms with Crippen LogP contribution < -0.4 is 5.32 Å². The number of aryl methyl sites for hydroxylation is 1. The third-order valence-corrected chi connectivity index (χ3v) is 4.73. The summed E-state index contributed by atoms with van der Waals surface area (Å²) in [4.78, 5) is 12.4. The summed E-state index contributed by atoms with van der Waals surface area (Å²) in [6.07, 6.45) is 5.98. The van der Waals surface area contributed by atoms with E-state index in [-0.39, 0.29) is 11.8 Å². The predicted molar refractivity (Wildman–Crippen MR) is 73.4 cm³/mol. The zero-order valence-corrected chi connectivity index (χ0v) is 11.0. The number of hydrogen-bond donors (Lipinski definition) is 1. The third kappa shape index (κ3) is 2.05. The van der Waals surface area contributed by atoms with Crippen molar-refractivity contribution in [3.8, 4) is 0 Å². The highest BCUT2D eigenvalue weighted by Crippen LogP contribution is 2.48. The maximum atomic E-state index is 12.4. The van der Waals surface area contributed by atoms with Crippen LogP contribution in [0.2, 0.25) is 0 Å². The van der Waals surface area contributed by atoms with Crippen molar-refractivity contribution in [1.82, 2.24) is 0 Å². The smallest absolute Gasteiger partial charge is 0.227 e. The summed E-state index contributed by atoms with van der Waals surface area (Å²) in [5.74, 6) is 2.01. The molecule has 1 aromatic rings. The SMILES string of the molecule is CCc1ccccc1NC(=O)[C@H]1C[C@H]2CC[C@@H]1C2. The van der Waals surface area contributed by atoms with E-state index in [1.165, 1.54) is 24.8 Å². The maximum absolute atomic E-state index is 12.4. The van der Waals surface area contributed by atoms with Crippen LogP contribution in [0.1, 0.15) is 38.2 Å². The minimum Gasteiger partial charge on any atom is -0.326 e. The van der Waals surface area contributed by atoms with Crippen LogP contribution in [-0.4, -0.2) is 5.91 Å². The van der Waals surface area contributed by atoms with Gasteiger partial charge in [0.05, 0.1) is 0 Å². The van der Waals surface area contributed by atoms with Crippen LogP contribution in [0.25, 0.3) is 0 Å². The number of anilines is 1. The Labute approximate surface area is 109 Å². The van der Waals surface area contributed by atoms with E-state index in [1.807, 2.05) is 18.2 Å². The Hall–Kier alpha value is -1.31. The molecule has 1 aromatic carbocycles. The average Bonchev–Trinajstić information content (AvgIpc) is 3.01. The molecule has 0 aromatic heterocycles. The quantitative estimate of drug-likeness (QED) is 0.863. The van der Waals surface area contributed by atoms with E-state index in [0.717, 1.165) is 24.4 Å². The number of benzene rings is 1. The number of rotatable bonds is 3. The molecule has 0 radical (unpaired) electrons. The first-order chi connectivity index (χ1) is 8.78. The zero-order chi connectivity index (χ0) is 12.5. The molecular formula is C16H21NO. The molecule has 1 N–H and O–H groups in total. The normalized spacial score (nSPS) is 29.5. The Kier molecular flexibility index (Phi) is 3.11. The fourth-order valence-corrected chi connectivity index (χ4v) is 3.74. The van der Waals surface area contributed by atoms with Crippen molar-refractivity contribution in [2.24, 2.45) is 17.8 Å². The zero-order valence-electron chi connectivity index (χ0n) is 11.0. The number of hydrogen-bond acceptors (Lipinski definition) is 1. The first kappa shape index (κ1) is 11.8. The van der Waals surface area contributed by atoms with E-state index >= 15 is 0 Å². The lowest BCUT2D eigenvalue weighted by Crippen LogP contribution is -2.27. The molecule has 1 amide bonds. The van der Waals surface area contributed by atoms with E-state index in [2.05, 4.69) is 18.3 Å². The molecule has 2 bridgehead atoms. The van der Waals surface area contributed by atoms with Gasteiger partial charge in [0.25, 0.3) is 0 Å². The highest BCUT2D eigenvalue weighted by Gasteiger charge is 2.43. The maximum Gasteiger partial charge on any atom is 0.227 e. The van der Waals surface area contributed by atoms with Crippen LogP contribution in [0, 0.1) is 17.8 Å². The Balaban J connectivity index is 1.71. The van der Waals surface area contributed by atoms with Crippen LogP contribution in [0.15, 0.2) is 24.3 Å². The van der Waals surface area contributed by atoms with Crippen molar-refractivity contribution in [3.63, 3.8) is 0 Å². The van der Waals surface area contributed by atoms with Crippen LogP contribution in [0.4, 0.5) is 5.69 Å². The highest BCUT2D eigenvalue weighted by atomic mass is 16.1. The molecule has 0 heterocycles. The molecule has 96 valence electrons. The van der Waals surface area contributed by atoms with Gasteiger partial charge in [0.15, 0.2) is 0 Å². The highest BCUT2D eigenvalue weighted by molar-refractivity contribution is 5.93. The van der Waals surface area contributed by atoms with Crippen molar-refractivity contribution < 1.29 is 4.79 Å².